The molecule has 1 aromatic rings. The number of nitrogens with one attached hydrogen (secondary N) is 1. The van der Waals surface area contributed by atoms with Gasteiger partial charge in [0.2, 0.25) is 5.91 Å². The predicted molar refractivity (Wildman–Crippen MR) is 93.7 cm³/mol. The minimum Gasteiger partial charge on any atom is -0.383 e. The van der Waals surface area contributed by atoms with Crippen LogP contribution in [0.15, 0.2) is 36.9 Å². The van der Waals surface area contributed by atoms with E-state index in [9.17, 15) is 4.79 Å². The molecule has 1 aromatic carbocycles. The van der Waals surface area contributed by atoms with Crippen molar-refractivity contribution in [3.05, 3.63) is 42.5 Å². The molecule has 5 heteroatoms. The zero-order valence-electron chi connectivity index (χ0n) is 14.4. The zero-order valence-corrected chi connectivity index (χ0v) is 14.4. The van der Waals surface area contributed by atoms with E-state index in [0.717, 1.165) is 24.2 Å². The van der Waals surface area contributed by atoms with Crippen LogP contribution in [0, 0.1) is 0 Å². The summed E-state index contributed by atoms with van der Waals surface area (Å²) >= 11 is 0. The lowest BCUT2D eigenvalue weighted by atomic mass is 10.1. The molecule has 0 fully saturated rings. The lowest BCUT2D eigenvalue weighted by Gasteiger charge is -2.22. The predicted octanol–water partition coefficient (Wildman–Crippen LogP) is 2.37. The topological polar surface area (TPSA) is 50.8 Å². The number of likely N-dealkylation sites (N-methyl/N-ethyl adjacent to an activating group) is 1. The summed E-state index contributed by atoms with van der Waals surface area (Å²) in [6.07, 6.45) is 2.05. The Kier molecular flexibility index (Phi) is 9.02. The summed E-state index contributed by atoms with van der Waals surface area (Å²) in [5.74, 6) is -0.108. The first-order valence-corrected chi connectivity index (χ1v) is 7.88. The third-order valence-electron chi connectivity index (χ3n) is 3.55. The SMILES string of the molecule is C=CCCO[C@@H](C)C(=O)NCc1ccccc1N(C)CCOC. The maximum absolute atomic E-state index is 12.1. The molecular formula is C18H28N2O3. The molecule has 0 heterocycles. The molecule has 0 saturated carbocycles. The molecule has 128 valence electrons. The summed E-state index contributed by atoms with van der Waals surface area (Å²) < 4.78 is 10.6. The first-order chi connectivity index (χ1) is 11.1. The van der Waals surface area contributed by atoms with Crippen molar-refractivity contribution in [1.82, 2.24) is 5.32 Å². The molecule has 0 radical (unpaired) electrons. The van der Waals surface area contributed by atoms with Crippen LogP contribution in [0.1, 0.15) is 18.9 Å². The molecule has 1 amide bonds. The number of rotatable bonds is 11. The maximum atomic E-state index is 12.1. The number of nitrogens with zero attached hydrogens (tertiary/aromatic N) is 1. The van der Waals surface area contributed by atoms with Gasteiger partial charge in [0.15, 0.2) is 0 Å². The Morgan fingerprint density at radius 2 is 2.13 bits per heavy atom. The van der Waals surface area contributed by atoms with Crippen molar-refractivity contribution in [2.24, 2.45) is 0 Å². The van der Waals surface area contributed by atoms with Crippen LogP contribution in [0.3, 0.4) is 0 Å². The number of benzene rings is 1. The van der Waals surface area contributed by atoms with E-state index in [0.29, 0.717) is 19.8 Å². The Morgan fingerprint density at radius 1 is 1.39 bits per heavy atom. The van der Waals surface area contributed by atoms with Gasteiger partial charge in [-0.1, -0.05) is 24.3 Å². The van der Waals surface area contributed by atoms with Gasteiger partial charge < -0.3 is 19.7 Å². The molecule has 1 atom stereocenters. The zero-order chi connectivity index (χ0) is 17.1. The van der Waals surface area contributed by atoms with E-state index in [1.54, 1.807) is 20.1 Å². The number of amides is 1. The van der Waals surface area contributed by atoms with Crippen molar-refractivity contribution in [2.45, 2.75) is 26.0 Å². The number of ether oxygens (including phenoxy) is 2. The van der Waals surface area contributed by atoms with Gasteiger partial charge in [-0.25, -0.2) is 0 Å². The van der Waals surface area contributed by atoms with Gasteiger partial charge in [-0.2, -0.15) is 0 Å². The van der Waals surface area contributed by atoms with Crippen LogP contribution in [0.5, 0.6) is 0 Å². The number of para-hydroxylation sites is 1. The minimum absolute atomic E-state index is 0.108. The summed E-state index contributed by atoms with van der Waals surface area (Å²) in [4.78, 5) is 14.2. The van der Waals surface area contributed by atoms with Crippen molar-refractivity contribution < 1.29 is 14.3 Å². The highest BCUT2D eigenvalue weighted by molar-refractivity contribution is 5.80. The molecule has 1 N–H and O–H groups in total. The van der Waals surface area contributed by atoms with Gasteiger partial charge in [-0.3, -0.25) is 4.79 Å². The van der Waals surface area contributed by atoms with Crippen molar-refractivity contribution in [3.8, 4) is 0 Å². The van der Waals surface area contributed by atoms with Crippen molar-refractivity contribution in [3.63, 3.8) is 0 Å². The first-order valence-electron chi connectivity index (χ1n) is 7.88. The van der Waals surface area contributed by atoms with E-state index in [1.165, 1.54) is 0 Å². The lowest BCUT2D eigenvalue weighted by Crippen LogP contribution is -2.34. The van der Waals surface area contributed by atoms with E-state index in [4.69, 9.17) is 9.47 Å². The molecule has 5 nitrogen and oxygen atoms in total. The monoisotopic (exact) mass is 320 g/mol. The number of methoxy groups -OCH3 is 1. The molecular weight excluding hydrogens is 292 g/mol. The number of hydrogen-bond donors (Lipinski definition) is 1. The van der Waals surface area contributed by atoms with Gasteiger partial charge in [-0.05, 0) is 25.0 Å². The van der Waals surface area contributed by atoms with E-state index in [-0.39, 0.29) is 5.91 Å². The van der Waals surface area contributed by atoms with Crippen molar-refractivity contribution in [2.75, 3.05) is 38.8 Å². The fourth-order valence-corrected chi connectivity index (χ4v) is 2.11. The van der Waals surface area contributed by atoms with Gasteiger partial charge in [-0.15, -0.1) is 6.58 Å². The van der Waals surface area contributed by atoms with Crippen LogP contribution in [-0.2, 0) is 20.8 Å². The van der Waals surface area contributed by atoms with Gasteiger partial charge in [0.05, 0.1) is 13.2 Å². The van der Waals surface area contributed by atoms with Crippen LogP contribution >= 0.6 is 0 Å². The molecule has 0 unspecified atom stereocenters. The molecule has 0 spiro atoms. The van der Waals surface area contributed by atoms with E-state index >= 15 is 0 Å². The molecule has 0 aliphatic heterocycles. The third kappa shape index (κ3) is 6.84. The normalized spacial score (nSPS) is 11.8. The fourth-order valence-electron chi connectivity index (χ4n) is 2.11. The third-order valence-corrected chi connectivity index (χ3v) is 3.55. The largest absolute Gasteiger partial charge is 0.383 e. The average Bonchev–Trinajstić information content (AvgIpc) is 2.57. The average molecular weight is 320 g/mol. The smallest absolute Gasteiger partial charge is 0.249 e. The summed E-state index contributed by atoms with van der Waals surface area (Å²) in [5.41, 5.74) is 2.16. The summed E-state index contributed by atoms with van der Waals surface area (Å²) in [7, 11) is 3.70. The van der Waals surface area contributed by atoms with Gasteiger partial charge >= 0.3 is 0 Å². The highest BCUT2D eigenvalue weighted by atomic mass is 16.5. The Hall–Kier alpha value is -1.85. The maximum Gasteiger partial charge on any atom is 0.249 e. The van der Waals surface area contributed by atoms with E-state index in [2.05, 4.69) is 16.8 Å². The Labute approximate surface area is 139 Å². The van der Waals surface area contributed by atoms with Crippen molar-refractivity contribution >= 4 is 11.6 Å². The Balaban J connectivity index is 2.56. The quantitative estimate of drug-likeness (QED) is 0.502. The number of hydrogen-bond acceptors (Lipinski definition) is 4. The standard InChI is InChI=1S/C18H28N2O3/c1-5-6-12-23-15(2)18(21)19-14-16-9-7-8-10-17(16)20(3)11-13-22-4/h5,7-10,15H,1,6,11-14H2,2-4H3,(H,19,21)/t15-/m0/s1. The second-order valence-corrected chi connectivity index (χ2v) is 5.35. The first kappa shape index (κ1) is 19.2. The lowest BCUT2D eigenvalue weighted by molar-refractivity contribution is -0.131. The van der Waals surface area contributed by atoms with Crippen LogP contribution in [0.2, 0.25) is 0 Å². The fraction of sp³-hybridized carbons (Fsp3) is 0.500. The summed E-state index contributed by atoms with van der Waals surface area (Å²) in [5, 5.41) is 2.93. The highest BCUT2D eigenvalue weighted by Gasteiger charge is 2.14. The summed E-state index contributed by atoms with van der Waals surface area (Å²) in [6, 6.07) is 8.02. The Morgan fingerprint density at radius 3 is 2.83 bits per heavy atom. The summed E-state index contributed by atoms with van der Waals surface area (Å²) in [6.45, 7) is 7.82. The van der Waals surface area contributed by atoms with Crippen LogP contribution in [0.25, 0.3) is 0 Å². The number of anilines is 1. The molecule has 0 aliphatic rings. The van der Waals surface area contributed by atoms with E-state index in [1.807, 2.05) is 31.3 Å². The van der Waals surface area contributed by atoms with Gasteiger partial charge in [0, 0.05) is 32.9 Å². The number of carbonyl (C=O) groups is 1. The molecule has 23 heavy (non-hydrogen) atoms. The second kappa shape index (κ2) is 10.8. The van der Waals surface area contributed by atoms with E-state index < -0.39 is 6.10 Å². The van der Waals surface area contributed by atoms with Crippen LogP contribution in [0.4, 0.5) is 5.69 Å². The number of carbonyl (C=O) groups excluding carboxylic acids is 1. The minimum atomic E-state index is -0.465. The van der Waals surface area contributed by atoms with Gasteiger partial charge in [0.1, 0.15) is 6.10 Å². The second-order valence-electron chi connectivity index (χ2n) is 5.35. The Bertz CT molecular complexity index is 491. The molecule has 0 bridgehead atoms. The molecule has 1 rings (SSSR count). The molecule has 0 saturated heterocycles. The highest BCUT2D eigenvalue weighted by Crippen LogP contribution is 2.18. The molecule has 0 aromatic heterocycles. The van der Waals surface area contributed by atoms with Crippen LogP contribution < -0.4 is 10.2 Å². The van der Waals surface area contributed by atoms with Crippen LogP contribution in [-0.4, -0.2) is 45.9 Å². The molecule has 0 aliphatic carbocycles. The van der Waals surface area contributed by atoms with Crippen molar-refractivity contribution in [1.29, 1.82) is 0 Å². The van der Waals surface area contributed by atoms with Gasteiger partial charge in [0.25, 0.3) is 0 Å².